The summed E-state index contributed by atoms with van der Waals surface area (Å²) < 4.78 is 84.1. The van der Waals surface area contributed by atoms with Crippen LogP contribution >= 0.6 is 0 Å². The Hall–Kier alpha value is -3.51. The summed E-state index contributed by atoms with van der Waals surface area (Å²) in [5.74, 6) is -0.903. The number of hydrogen-bond donors (Lipinski definition) is 0. The molecule has 13 heteroatoms. The van der Waals surface area contributed by atoms with E-state index in [0.29, 0.717) is 12.1 Å². The molecule has 2 aromatic heterocycles. The first-order valence-corrected chi connectivity index (χ1v) is 8.06. The smallest absolute Gasteiger partial charge is 0.416 e. The highest BCUT2D eigenvalue weighted by Gasteiger charge is 2.37. The fraction of sp³-hybridized carbons (Fsp3) is 0.235. The van der Waals surface area contributed by atoms with Crippen LogP contribution in [0.3, 0.4) is 0 Å². The number of alkyl halides is 6. The van der Waals surface area contributed by atoms with Crippen LogP contribution in [0, 0.1) is 0 Å². The van der Waals surface area contributed by atoms with Gasteiger partial charge in [-0.25, -0.2) is 19.4 Å². The minimum atomic E-state index is -4.99. The lowest BCUT2D eigenvalue weighted by Gasteiger charge is -2.15. The lowest BCUT2D eigenvalue weighted by Crippen LogP contribution is -2.13. The van der Waals surface area contributed by atoms with E-state index in [1.807, 2.05) is 0 Å². The number of rotatable bonds is 4. The number of carbonyl (C=O) groups is 1. The summed E-state index contributed by atoms with van der Waals surface area (Å²) in [5, 5.41) is 7.33. The number of benzene rings is 1. The second-order valence-electron chi connectivity index (χ2n) is 5.98. The Bertz CT molecular complexity index is 1030. The van der Waals surface area contributed by atoms with Gasteiger partial charge in [-0.1, -0.05) is 5.21 Å². The third-order valence-corrected chi connectivity index (χ3v) is 3.93. The molecule has 0 bridgehead atoms. The Kier molecular flexibility index (Phi) is 5.46. The highest BCUT2D eigenvalue weighted by atomic mass is 19.4. The Balaban J connectivity index is 2.13. The largest absolute Gasteiger partial charge is 0.464 e. The van der Waals surface area contributed by atoms with E-state index in [1.165, 1.54) is 18.7 Å². The van der Waals surface area contributed by atoms with Crippen molar-refractivity contribution in [3.63, 3.8) is 0 Å². The molecule has 0 aliphatic carbocycles. The fourth-order valence-corrected chi connectivity index (χ4v) is 2.65. The maximum absolute atomic E-state index is 13.1. The number of carbonyl (C=O) groups excluding carboxylic acids is 1. The molecule has 3 rings (SSSR count). The third-order valence-electron chi connectivity index (χ3n) is 3.93. The summed E-state index contributed by atoms with van der Waals surface area (Å²) in [4.78, 5) is 19.5. The molecule has 158 valence electrons. The Morgan fingerprint density at radius 1 is 1.00 bits per heavy atom. The van der Waals surface area contributed by atoms with Gasteiger partial charge in [0.15, 0.2) is 5.69 Å². The quantitative estimate of drug-likeness (QED) is 0.464. The zero-order chi connectivity index (χ0) is 22.1. The van der Waals surface area contributed by atoms with Gasteiger partial charge in [0, 0.05) is 18.0 Å². The Labute approximate surface area is 164 Å². The van der Waals surface area contributed by atoms with Crippen LogP contribution in [-0.2, 0) is 23.6 Å². The van der Waals surface area contributed by atoms with Crippen molar-refractivity contribution in [1.82, 2.24) is 25.0 Å². The van der Waals surface area contributed by atoms with Gasteiger partial charge in [0.1, 0.15) is 12.0 Å². The van der Waals surface area contributed by atoms with Crippen molar-refractivity contribution in [2.75, 3.05) is 7.11 Å². The van der Waals surface area contributed by atoms with Gasteiger partial charge >= 0.3 is 18.3 Å². The van der Waals surface area contributed by atoms with E-state index in [2.05, 4.69) is 25.0 Å². The Morgan fingerprint density at radius 2 is 1.57 bits per heavy atom. The molecule has 0 amide bonds. The third kappa shape index (κ3) is 4.39. The highest BCUT2D eigenvalue weighted by Crippen LogP contribution is 2.36. The number of esters is 1. The van der Waals surface area contributed by atoms with Gasteiger partial charge < -0.3 is 4.74 Å². The van der Waals surface area contributed by atoms with E-state index >= 15 is 0 Å². The second-order valence-corrected chi connectivity index (χ2v) is 5.98. The molecule has 7 nitrogen and oxygen atoms in total. The topological polar surface area (TPSA) is 82.8 Å². The SMILES string of the molecule is COC(=O)c1nnn(Cc2cc(C(F)(F)F)cc(C(F)(F)F)c2)c1-c1cncnc1. The van der Waals surface area contributed by atoms with E-state index in [0.717, 1.165) is 11.8 Å². The lowest BCUT2D eigenvalue weighted by molar-refractivity contribution is -0.143. The number of aromatic nitrogens is 5. The summed E-state index contributed by atoms with van der Waals surface area (Å²) in [5.41, 5.74) is -3.39. The van der Waals surface area contributed by atoms with Crippen LogP contribution in [0.15, 0.2) is 36.9 Å². The molecule has 0 aliphatic heterocycles. The van der Waals surface area contributed by atoms with E-state index in [9.17, 15) is 31.1 Å². The number of hydrogen-bond acceptors (Lipinski definition) is 6. The molecule has 2 heterocycles. The summed E-state index contributed by atoms with van der Waals surface area (Å²) in [6.07, 6.45) is -6.24. The van der Waals surface area contributed by atoms with Crippen LogP contribution in [0.1, 0.15) is 27.2 Å². The van der Waals surface area contributed by atoms with Crippen molar-refractivity contribution in [3.8, 4) is 11.3 Å². The van der Waals surface area contributed by atoms with Crippen LogP contribution in [0.2, 0.25) is 0 Å². The monoisotopic (exact) mass is 431 g/mol. The van der Waals surface area contributed by atoms with Gasteiger partial charge in [0.05, 0.1) is 24.8 Å². The first-order valence-electron chi connectivity index (χ1n) is 8.06. The zero-order valence-electron chi connectivity index (χ0n) is 15.0. The average Bonchev–Trinajstić information content (AvgIpc) is 3.10. The molecular weight excluding hydrogens is 420 g/mol. The summed E-state index contributed by atoms with van der Waals surface area (Å²) in [6, 6.07) is 1.16. The van der Waals surface area contributed by atoms with Crippen molar-refractivity contribution in [2.45, 2.75) is 18.9 Å². The first kappa shape index (κ1) is 21.2. The van der Waals surface area contributed by atoms with Crippen molar-refractivity contribution >= 4 is 5.97 Å². The first-order chi connectivity index (χ1) is 14.0. The second kappa shape index (κ2) is 7.72. The molecule has 0 unspecified atom stereocenters. The van der Waals surface area contributed by atoms with Crippen molar-refractivity contribution in [3.05, 3.63) is 59.3 Å². The van der Waals surface area contributed by atoms with Gasteiger partial charge in [-0.2, -0.15) is 26.3 Å². The maximum Gasteiger partial charge on any atom is 0.416 e. The van der Waals surface area contributed by atoms with Crippen molar-refractivity contribution in [1.29, 1.82) is 0 Å². The van der Waals surface area contributed by atoms with Crippen LogP contribution in [0.25, 0.3) is 11.3 Å². The van der Waals surface area contributed by atoms with Gasteiger partial charge in [0.25, 0.3) is 0 Å². The number of methoxy groups -OCH3 is 1. The molecule has 30 heavy (non-hydrogen) atoms. The predicted octanol–water partition coefficient (Wildman–Crippen LogP) is 3.61. The normalized spacial score (nSPS) is 12.1. The fourth-order valence-electron chi connectivity index (χ4n) is 2.65. The van der Waals surface area contributed by atoms with Crippen LogP contribution < -0.4 is 0 Å². The van der Waals surface area contributed by atoms with Crippen LogP contribution in [-0.4, -0.2) is 38.0 Å². The van der Waals surface area contributed by atoms with E-state index in [1.54, 1.807) is 0 Å². The van der Waals surface area contributed by atoms with E-state index < -0.39 is 36.0 Å². The standard InChI is InChI=1S/C17H11F6N5O2/c1-30-15(29)13-14(10-5-24-8-25-6-10)28(27-26-13)7-9-2-11(16(18,19)20)4-12(3-9)17(21,22)23/h2-6,8H,7H2,1H3. The van der Waals surface area contributed by atoms with E-state index in [-0.39, 0.29) is 28.6 Å². The number of nitrogens with zero attached hydrogens (tertiary/aromatic N) is 5. The maximum atomic E-state index is 13.1. The molecule has 0 atom stereocenters. The summed E-state index contributed by atoms with van der Waals surface area (Å²) in [7, 11) is 1.08. The molecule has 0 N–H and O–H groups in total. The Morgan fingerprint density at radius 3 is 2.07 bits per heavy atom. The minimum Gasteiger partial charge on any atom is -0.464 e. The van der Waals surface area contributed by atoms with Crippen LogP contribution in [0.4, 0.5) is 26.3 Å². The molecule has 0 spiro atoms. The molecule has 0 saturated carbocycles. The minimum absolute atomic E-state index is 0.0200. The molecule has 3 aromatic rings. The molecule has 0 aliphatic rings. The highest BCUT2D eigenvalue weighted by molar-refractivity contribution is 5.93. The number of ether oxygens (including phenoxy) is 1. The molecule has 0 saturated heterocycles. The van der Waals surface area contributed by atoms with Crippen LogP contribution in [0.5, 0.6) is 0 Å². The van der Waals surface area contributed by atoms with E-state index in [4.69, 9.17) is 0 Å². The molecule has 0 radical (unpaired) electrons. The molecular formula is C17H11F6N5O2. The van der Waals surface area contributed by atoms with Crippen molar-refractivity contribution < 1.29 is 35.9 Å². The lowest BCUT2D eigenvalue weighted by atomic mass is 10.0. The number of halogens is 6. The molecule has 0 fully saturated rings. The average molecular weight is 431 g/mol. The predicted molar refractivity (Wildman–Crippen MR) is 87.9 cm³/mol. The van der Waals surface area contributed by atoms with Gasteiger partial charge in [-0.3, -0.25) is 0 Å². The summed E-state index contributed by atoms with van der Waals surface area (Å²) in [6.45, 7) is -0.540. The molecule has 1 aromatic carbocycles. The summed E-state index contributed by atoms with van der Waals surface area (Å²) >= 11 is 0. The van der Waals surface area contributed by atoms with Crippen molar-refractivity contribution in [2.24, 2.45) is 0 Å². The van der Waals surface area contributed by atoms with Gasteiger partial charge in [-0.15, -0.1) is 5.10 Å². The van der Waals surface area contributed by atoms with Gasteiger partial charge in [0.2, 0.25) is 0 Å². The zero-order valence-corrected chi connectivity index (χ0v) is 15.0. The van der Waals surface area contributed by atoms with Gasteiger partial charge in [-0.05, 0) is 23.8 Å².